The molecule has 142 valence electrons. The second-order valence-corrected chi connectivity index (χ2v) is 8.44. The van der Waals surface area contributed by atoms with Gasteiger partial charge >= 0.3 is 5.78 Å². The number of imidazole rings is 1. The highest BCUT2D eigenvalue weighted by Crippen LogP contribution is 2.27. The molecule has 3 N–H and O–H groups in total. The first-order valence-electron chi connectivity index (χ1n) is 9.26. The molecule has 0 radical (unpaired) electrons. The summed E-state index contributed by atoms with van der Waals surface area (Å²) in [6, 6.07) is 6.09. The molecule has 0 bridgehead atoms. The molecule has 1 aliphatic carbocycles. The monoisotopic (exact) mass is 404 g/mol. The van der Waals surface area contributed by atoms with E-state index in [2.05, 4.69) is 16.4 Å². The molecule has 3 aromatic rings. The van der Waals surface area contributed by atoms with E-state index in [1.807, 2.05) is 15.8 Å². The maximum atomic E-state index is 12.5. The molecule has 0 atom stereocenters. The number of nitrogens with two attached hydrogens (primary N) is 1. The minimum Gasteiger partial charge on any atom is -0.344 e. The van der Waals surface area contributed by atoms with Crippen molar-refractivity contribution in [2.24, 2.45) is 0 Å². The fraction of sp³-hybridized carbons (Fsp3) is 0.421. The van der Waals surface area contributed by atoms with Crippen LogP contribution in [-0.2, 0) is 6.42 Å². The van der Waals surface area contributed by atoms with Crippen LogP contribution in [0.2, 0.25) is 5.15 Å². The zero-order valence-electron chi connectivity index (χ0n) is 15.2. The highest BCUT2D eigenvalue weighted by molar-refractivity contribution is 7.09. The molecule has 27 heavy (non-hydrogen) atoms. The standard InChI is InChI=1S/C19H22ClN5OS/c1-12(26)24-15(10-14-8-5-9-27-14)18(22-13-6-3-2-4-7-13)25-17(21)11-16(20)23-19(24)25/h5,8-9,11,13,21-22H,2-4,6-7,10H2,1H3/p+1. The Morgan fingerprint density at radius 3 is 2.89 bits per heavy atom. The van der Waals surface area contributed by atoms with Gasteiger partial charge in [0.15, 0.2) is 11.0 Å². The van der Waals surface area contributed by atoms with E-state index in [0.717, 1.165) is 24.4 Å². The van der Waals surface area contributed by atoms with Gasteiger partial charge in [-0.3, -0.25) is 4.79 Å². The number of rotatable bonds is 4. The van der Waals surface area contributed by atoms with Crippen molar-refractivity contribution < 1.29 is 9.20 Å². The number of anilines is 2. The van der Waals surface area contributed by atoms with Crippen molar-refractivity contribution in [1.29, 1.82) is 0 Å². The molecule has 0 unspecified atom stereocenters. The average Bonchev–Trinajstić information content (AvgIpc) is 3.23. The maximum Gasteiger partial charge on any atom is 0.341 e. The smallest absolute Gasteiger partial charge is 0.341 e. The first-order chi connectivity index (χ1) is 13.0. The van der Waals surface area contributed by atoms with E-state index in [1.54, 1.807) is 28.9 Å². The van der Waals surface area contributed by atoms with Crippen LogP contribution in [0.25, 0.3) is 5.78 Å². The summed E-state index contributed by atoms with van der Waals surface area (Å²) in [5.74, 6) is 1.67. The molecular formula is C19H23ClN5OS+. The number of fused-ring (bicyclic) bond motifs is 1. The maximum absolute atomic E-state index is 12.5. The quantitative estimate of drug-likeness (QED) is 0.510. The van der Waals surface area contributed by atoms with E-state index < -0.39 is 0 Å². The molecule has 0 spiro atoms. The second-order valence-electron chi connectivity index (χ2n) is 7.02. The third-order valence-corrected chi connectivity index (χ3v) is 6.15. The van der Waals surface area contributed by atoms with Crippen molar-refractivity contribution in [3.63, 3.8) is 0 Å². The van der Waals surface area contributed by atoms with Crippen LogP contribution < -0.4 is 15.5 Å². The summed E-state index contributed by atoms with van der Waals surface area (Å²) in [6.07, 6.45) is 6.58. The number of carbonyl (C=O) groups is 1. The van der Waals surface area contributed by atoms with E-state index in [4.69, 9.17) is 17.3 Å². The minimum absolute atomic E-state index is 0.107. The van der Waals surface area contributed by atoms with Crippen LogP contribution in [-0.4, -0.2) is 21.5 Å². The number of nitrogens with zero attached hydrogens (tertiary/aromatic N) is 3. The van der Waals surface area contributed by atoms with Gasteiger partial charge in [-0.25, -0.2) is 0 Å². The van der Waals surface area contributed by atoms with Crippen LogP contribution in [0.1, 0.15) is 54.4 Å². The predicted octanol–water partition coefficient (Wildman–Crippen LogP) is 3.91. The number of halogens is 1. The van der Waals surface area contributed by atoms with Crippen LogP contribution in [0, 0.1) is 0 Å². The number of nitrogen functional groups attached to an aromatic ring is 1. The Kier molecular flexibility index (Phi) is 5.06. The molecule has 1 aliphatic rings. The Hall–Kier alpha value is -2.12. The summed E-state index contributed by atoms with van der Waals surface area (Å²) in [6.45, 7) is 1.54. The third-order valence-electron chi connectivity index (χ3n) is 5.08. The lowest BCUT2D eigenvalue weighted by atomic mass is 9.95. The Balaban J connectivity index is 1.92. The largest absolute Gasteiger partial charge is 0.344 e. The van der Waals surface area contributed by atoms with Crippen molar-refractivity contribution in [2.75, 3.05) is 11.1 Å². The van der Waals surface area contributed by atoms with Gasteiger partial charge < -0.3 is 11.1 Å². The van der Waals surface area contributed by atoms with E-state index >= 15 is 0 Å². The SMILES string of the molecule is CC(=O)n1c(Cc2cccs2)c(NC2CCCCC2)[n+]2c(N)cc(Cl)nc12. The van der Waals surface area contributed by atoms with Gasteiger partial charge in [-0.2, -0.15) is 8.97 Å². The summed E-state index contributed by atoms with van der Waals surface area (Å²) in [5.41, 5.74) is 7.17. The average molecular weight is 405 g/mol. The normalized spacial score (nSPS) is 15.3. The summed E-state index contributed by atoms with van der Waals surface area (Å²) >= 11 is 7.82. The van der Waals surface area contributed by atoms with E-state index in [9.17, 15) is 4.79 Å². The molecule has 0 saturated heterocycles. The van der Waals surface area contributed by atoms with Crippen molar-refractivity contribution in [2.45, 2.75) is 51.5 Å². The number of nitrogens with one attached hydrogen (secondary N) is 1. The van der Waals surface area contributed by atoms with Crippen molar-refractivity contribution >= 4 is 46.3 Å². The summed E-state index contributed by atoms with van der Waals surface area (Å²) in [5, 5.41) is 5.99. The van der Waals surface area contributed by atoms with Crippen LogP contribution in [0.5, 0.6) is 0 Å². The van der Waals surface area contributed by atoms with Gasteiger partial charge in [0.05, 0.1) is 6.04 Å². The Morgan fingerprint density at radius 1 is 1.44 bits per heavy atom. The molecule has 3 heterocycles. The Labute approximate surface area is 167 Å². The number of hydrogen-bond donors (Lipinski definition) is 2. The molecule has 3 aromatic heterocycles. The molecule has 1 fully saturated rings. The van der Waals surface area contributed by atoms with Gasteiger partial charge in [-0.15, -0.1) is 16.3 Å². The lowest BCUT2D eigenvalue weighted by Crippen LogP contribution is -2.34. The zero-order valence-corrected chi connectivity index (χ0v) is 16.8. The highest BCUT2D eigenvalue weighted by atomic mass is 35.5. The number of hydrogen-bond acceptors (Lipinski definition) is 5. The van der Waals surface area contributed by atoms with Crippen LogP contribution in [0.4, 0.5) is 11.6 Å². The molecule has 6 nitrogen and oxygen atoms in total. The van der Waals surface area contributed by atoms with Gasteiger partial charge in [-0.05, 0) is 24.3 Å². The fourth-order valence-corrected chi connectivity index (χ4v) is 4.77. The minimum atomic E-state index is -0.107. The lowest BCUT2D eigenvalue weighted by Gasteiger charge is -2.22. The molecular weight excluding hydrogens is 382 g/mol. The first kappa shape index (κ1) is 18.3. The number of carbonyl (C=O) groups excluding carboxylic acids is 1. The Morgan fingerprint density at radius 2 is 2.22 bits per heavy atom. The van der Waals surface area contributed by atoms with Gasteiger partial charge in [-0.1, -0.05) is 36.9 Å². The van der Waals surface area contributed by atoms with E-state index in [0.29, 0.717) is 24.1 Å². The van der Waals surface area contributed by atoms with Crippen molar-refractivity contribution in [3.8, 4) is 0 Å². The van der Waals surface area contributed by atoms with Crippen molar-refractivity contribution in [3.05, 3.63) is 39.3 Å². The number of thiophene rings is 1. The van der Waals surface area contributed by atoms with Gasteiger partial charge in [0.2, 0.25) is 5.82 Å². The molecule has 0 amide bonds. The summed E-state index contributed by atoms with van der Waals surface area (Å²) < 4.78 is 3.46. The molecule has 0 aromatic carbocycles. The highest BCUT2D eigenvalue weighted by Gasteiger charge is 2.30. The Bertz CT molecular complexity index is 976. The lowest BCUT2D eigenvalue weighted by molar-refractivity contribution is -0.481. The summed E-state index contributed by atoms with van der Waals surface area (Å²) in [4.78, 5) is 18.1. The second kappa shape index (κ2) is 7.48. The van der Waals surface area contributed by atoms with E-state index in [-0.39, 0.29) is 11.1 Å². The predicted molar refractivity (Wildman–Crippen MR) is 109 cm³/mol. The first-order valence-corrected chi connectivity index (χ1v) is 10.5. The van der Waals surface area contributed by atoms with Crippen LogP contribution >= 0.6 is 22.9 Å². The van der Waals surface area contributed by atoms with Gasteiger partial charge in [0.1, 0.15) is 5.69 Å². The molecule has 4 rings (SSSR count). The van der Waals surface area contributed by atoms with E-state index in [1.165, 1.54) is 24.1 Å². The zero-order chi connectivity index (χ0) is 19.0. The molecule has 1 saturated carbocycles. The van der Waals surface area contributed by atoms with Crippen molar-refractivity contribution in [1.82, 2.24) is 9.55 Å². The third kappa shape index (κ3) is 3.53. The number of aromatic nitrogens is 3. The molecule has 0 aliphatic heterocycles. The summed E-state index contributed by atoms with van der Waals surface area (Å²) in [7, 11) is 0. The van der Waals surface area contributed by atoms with Crippen LogP contribution in [0.15, 0.2) is 23.6 Å². The van der Waals surface area contributed by atoms with Crippen LogP contribution in [0.3, 0.4) is 0 Å². The van der Waals surface area contributed by atoms with Gasteiger partial charge in [0, 0.05) is 24.3 Å². The fourth-order valence-electron chi connectivity index (χ4n) is 3.87. The molecule has 8 heteroatoms. The van der Waals surface area contributed by atoms with Gasteiger partial charge in [0.25, 0.3) is 5.91 Å². The topological polar surface area (TPSA) is 77.0 Å².